The van der Waals surface area contributed by atoms with Gasteiger partial charge in [-0.2, -0.15) is 0 Å². The number of rotatable bonds is 3. The second-order valence-electron chi connectivity index (χ2n) is 6.29. The average Bonchev–Trinajstić information content (AvgIpc) is 3.05. The fourth-order valence-corrected chi connectivity index (χ4v) is 3.59. The molecule has 148 valence electrons. The Morgan fingerprint density at radius 1 is 0.690 bits per heavy atom. The van der Waals surface area contributed by atoms with Crippen molar-refractivity contribution in [3.8, 4) is 22.3 Å². The maximum absolute atomic E-state index is 8.17. The number of nitrogens with one attached hydrogen (secondary N) is 2. The number of fused-ring (bicyclic) bond motifs is 1. The maximum atomic E-state index is 8.17. The minimum Gasteiger partial charge on any atom is -0.382 e. The fraction of sp³-hybridized carbons (Fsp3) is 0. The first-order valence-electron chi connectivity index (χ1n) is 8.56. The van der Waals surface area contributed by atoms with Crippen molar-refractivity contribution in [1.29, 1.82) is 10.8 Å². The summed E-state index contributed by atoms with van der Waals surface area (Å²) in [5.74, 6) is -0.295. The van der Waals surface area contributed by atoms with Gasteiger partial charge < -0.3 is 11.5 Å². The van der Waals surface area contributed by atoms with Crippen molar-refractivity contribution < 1.29 is 0 Å². The second-order valence-corrected chi connectivity index (χ2v) is 6.29. The molecule has 0 saturated carbocycles. The van der Waals surface area contributed by atoms with Crippen LogP contribution in [0.3, 0.4) is 0 Å². The van der Waals surface area contributed by atoms with Crippen LogP contribution in [0.25, 0.3) is 33.2 Å². The molecule has 0 atom stereocenters. The third-order valence-electron chi connectivity index (χ3n) is 4.64. The summed E-state index contributed by atoms with van der Waals surface area (Å²) in [6, 6.07) is 25.7. The van der Waals surface area contributed by atoms with Crippen LogP contribution in [0.5, 0.6) is 0 Å². The number of halogens is 2. The van der Waals surface area contributed by atoms with Crippen molar-refractivity contribution in [2.75, 3.05) is 0 Å². The summed E-state index contributed by atoms with van der Waals surface area (Å²) in [5.41, 5.74) is 16.8. The van der Waals surface area contributed by atoms with Crippen molar-refractivity contribution in [2.24, 2.45) is 11.5 Å². The molecule has 4 aromatic rings. The fourth-order valence-electron chi connectivity index (χ4n) is 3.59. The van der Waals surface area contributed by atoms with Gasteiger partial charge in [-0.3, -0.25) is 15.4 Å². The number of aromatic nitrogens is 1. The largest absolute Gasteiger partial charge is 0.382 e. The van der Waals surface area contributed by atoms with Crippen molar-refractivity contribution >= 4 is 47.5 Å². The topological polar surface area (TPSA) is 105 Å². The standard InChI is InChI=1S/C22H19N5.2ClH/c23-21(24)20-18(15-10-5-2-6-11-15)19-16(14-8-3-1-4-9-14)12-7-13-17(19)27(20)22(25)26;;/h1-13H,(H3,23,24)(H3,25,26);2*1H. The summed E-state index contributed by atoms with van der Waals surface area (Å²) in [6.07, 6.45) is 0. The molecule has 7 heteroatoms. The highest BCUT2D eigenvalue weighted by Crippen LogP contribution is 2.40. The van der Waals surface area contributed by atoms with E-state index in [0.717, 1.165) is 33.2 Å². The Morgan fingerprint density at radius 2 is 1.24 bits per heavy atom. The third-order valence-corrected chi connectivity index (χ3v) is 4.64. The molecule has 4 rings (SSSR count). The number of nitrogens with zero attached hydrogens (tertiary/aromatic N) is 1. The van der Waals surface area contributed by atoms with Crippen LogP contribution >= 0.6 is 24.8 Å². The first-order valence-corrected chi connectivity index (χ1v) is 8.56. The Labute approximate surface area is 181 Å². The Morgan fingerprint density at radius 3 is 1.76 bits per heavy atom. The summed E-state index contributed by atoms with van der Waals surface area (Å²) in [7, 11) is 0. The van der Waals surface area contributed by atoms with Gasteiger partial charge in [0.05, 0.1) is 11.2 Å². The molecule has 0 aliphatic carbocycles. The molecule has 0 spiro atoms. The number of benzene rings is 3. The molecule has 0 bridgehead atoms. The minimum absolute atomic E-state index is 0. The van der Waals surface area contributed by atoms with Crippen molar-refractivity contribution in [3.05, 3.63) is 84.6 Å². The Kier molecular flexibility index (Phi) is 6.69. The van der Waals surface area contributed by atoms with Crippen molar-refractivity contribution in [3.63, 3.8) is 0 Å². The zero-order valence-electron chi connectivity index (χ0n) is 15.4. The Balaban J connectivity index is 0.00000150. The summed E-state index contributed by atoms with van der Waals surface area (Å²) in [4.78, 5) is 0. The first kappa shape index (κ1) is 22.0. The predicted molar refractivity (Wildman–Crippen MR) is 126 cm³/mol. The summed E-state index contributed by atoms with van der Waals surface area (Å²) in [6.45, 7) is 0. The zero-order valence-corrected chi connectivity index (χ0v) is 17.1. The lowest BCUT2D eigenvalue weighted by atomic mass is 9.94. The molecule has 5 nitrogen and oxygen atoms in total. The molecule has 0 amide bonds. The highest BCUT2D eigenvalue weighted by atomic mass is 35.5. The van der Waals surface area contributed by atoms with Gasteiger partial charge in [-0.1, -0.05) is 72.8 Å². The molecule has 0 radical (unpaired) electrons. The zero-order chi connectivity index (χ0) is 19.0. The molecule has 0 unspecified atom stereocenters. The first-order chi connectivity index (χ1) is 13.1. The molecule has 1 aromatic heterocycles. The predicted octanol–water partition coefficient (Wildman–Crippen LogP) is 4.84. The maximum Gasteiger partial charge on any atom is 0.197 e. The van der Waals surface area contributed by atoms with Gasteiger partial charge in [-0.15, -0.1) is 24.8 Å². The van der Waals surface area contributed by atoms with Gasteiger partial charge in [-0.25, -0.2) is 0 Å². The van der Waals surface area contributed by atoms with E-state index in [1.54, 1.807) is 4.57 Å². The van der Waals surface area contributed by atoms with Crippen LogP contribution in [-0.4, -0.2) is 16.4 Å². The molecule has 6 N–H and O–H groups in total. The van der Waals surface area contributed by atoms with Crippen molar-refractivity contribution in [2.45, 2.75) is 0 Å². The minimum atomic E-state index is -0.169. The average molecular weight is 426 g/mol. The molecule has 29 heavy (non-hydrogen) atoms. The number of nitrogen functional groups attached to an aromatic ring is 2. The highest BCUT2D eigenvalue weighted by Gasteiger charge is 2.24. The Hall–Kier alpha value is -3.28. The van der Waals surface area contributed by atoms with Gasteiger partial charge in [0.15, 0.2) is 5.96 Å². The smallest absolute Gasteiger partial charge is 0.197 e. The van der Waals surface area contributed by atoms with Gasteiger partial charge in [0.1, 0.15) is 5.84 Å². The molecule has 0 aliphatic heterocycles. The molecule has 0 fully saturated rings. The van der Waals surface area contributed by atoms with Crippen LogP contribution in [0, 0.1) is 10.8 Å². The molecule has 0 saturated heterocycles. The summed E-state index contributed by atoms with van der Waals surface area (Å²) < 4.78 is 1.55. The van der Waals surface area contributed by atoms with E-state index in [9.17, 15) is 0 Å². The highest BCUT2D eigenvalue weighted by molar-refractivity contribution is 6.18. The van der Waals surface area contributed by atoms with E-state index in [-0.39, 0.29) is 36.6 Å². The SMILES string of the molecule is Cl.Cl.N=C(N)c1c(-c2ccccc2)c2c(-c3ccccc3)cccc2n1C(=N)N. The summed E-state index contributed by atoms with van der Waals surface area (Å²) in [5, 5.41) is 17.2. The number of nitrogens with two attached hydrogens (primary N) is 2. The van der Waals surface area contributed by atoms with E-state index in [0.29, 0.717) is 5.69 Å². The van der Waals surface area contributed by atoms with Crippen LogP contribution in [0.4, 0.5) is 0 Å². The van der Waals surface area contributed by atoms with Crippen LogP contribution in [0.15, 0.2) is 78.9 Å². The number of amidine groups is 1. The lowest BCUT2D eigenvalue weighted by molar-refractivity contribution is 1.12. The van der Waals surface area contributed by atoms with E-state index in [4.69, 9.17) is 22.3 Å². The third kappa shape index (κ3) is 3.70. The number of hydrogen-bond acceptors (Lipinski definition) is 2. The molecule has 0 aliphatic rings. The van der Waals surface area contributed by atoms with Crippen LogP contribution < -0.4 is 11.5 Å². The van der Waals surface area contributed by atoms with E-state index in [1.165, 1.54) is 0 Å². The van der Waals surface area contributed by atoms with Crippen LogP contribution in [0.2, 0.25) is 0 Å². The molecular weight excluding hydrogens is 405 g/mol. The van der Waals surface area contributed by atoms with E-state index in [2.05, 4.69) is 0 Å². The summed E-state index contributed by atoms with van der Waals surface area (Å²) >= 11 is 0. The molecular formula is C22H21Cl2N5. The van der Waals surface area contributed by atoms with E-state index >= 15 is 0 Å². The van der Waals surface area contributed by atoms with E-state index in [1.807, 2.05) is 78.9 Å². The van der Waals surface area contributed by atoms with Gasteiger partial charge >= 0.3 is 0 Å². The molecule has 1 heterocycles. The Bertz CT molecular complexity index is 1170. The van der Waals surface area contributed by atoms with Gasteiger partial charge in [-0.05, 0) is 22.8 Å². The van der Waals surface area contributed by atoms with Gasteiger partial charge in [0, 0.05) is 10.9 Å². The second kappa shape index (κ2) is 8.82. The van der Waals surface area contributed by atoms with Crippen LogP contribution in [0.1, 0.15) is 5.69 Å². The quantitative estimate of drug-likeness (QED) is 0.278. The number of hydrogen-bond donors (Lipinski definition) is 4. The molecule has 3 aromatic carbocycles. The van der Waals surface area contributed by atoms with Crippen LogP contribution in [-0.2, 0) is 0 Å². The monoisotopic (exact) mass is 425 g/mol. The normalized spacial score (nSPS) is 10.1. The van der Waals surface area contributed by atoms with Crippen molar-refractivity contribution in [1.82, 2.24) is 4.57 Å². The van der Waals surface area contributed by atoms with Gasteiger partial charge in [0.25, 0.3) is 0 Å². The lowest BCUT2D eigenvalue weighted by Gasteiger charge is -2.09. The van der Waals surface area contributed by atoms with E-state index < -0.39 is 0 Å². The lowest BCUT2D eigenvalue weighted by Crippen LogP contribution is -2.27. The van der Waals surface area contributed by atoms with Gasteiger partial charge in [0.2, 0.25) is 0 Å².